The number of alkyl halides is 1. The number of nitrogens with zero attached hydrogens (tertiary/aromatic N) is 4. The normalized spacial score (nSPS) is 24.5. The zero-order chi connectivity index (χ0) is 29.8. The Hall–Kier alpha value is -2.49. The van der Waals surface area contributed by atoms with Crippen LogP contribution in [0.1, 0.15) is 38.1 Å². The second kappa shape index (κ2) is 12.8. The Bertz CT molecular complexity index is 1400. The molecule has 0 bridgehead atoms. The number of fused-ring (bicyclic) bond motifs is 1. The number of hydrogen-bond acceptors (Lipinski definition) is 12. The number of benzene rings is 1. The van der Waals surface area contributed by atoms with Gasteiger partial charge in [0, 0.05) is 12.3 Å². The fourth-order valence-electron chi connectivity index (χ4n) is 4.06. The number of aromatic nitrogens is 4. The van der Waals surface area contributed by atoms with E-state index in [1.165, 1.54) is 24.0 Å². The lowest BCUT2D eigenvalue weighted by Gasteiger charge is -2.24. The molecule has 0 saturated carbocycles. The van der Waals surface area contributed by atoms with Gasteiger partial charge in [-0.05, 0) is 26.3 Å². The Balaban J connectivity index is 1.44. The first-order valence-corrected chi connectivity index (χ1v) is 15.3. The van der Waals surface area contributed by atoms with E-state index in [1.807, 2.05) is 30.3 Å². The van der Waals surface area contributed by atoms with Crippen molar-refractivity contribution >= 4 is 36.1 Å². The van der Waals surface area contributed by atoms with Crippen LogP contribution in [0.15, 0.2) is 42.9 Å². The summed E-state index contributed by atoms with van der Waals surface area (Å²) in [6, 6.07) is 9.11. The van der Waals surface area contributed by atoms with Gasteiger partial charge in [0.05, 0.1) is 37.1 Å². The Morgan fingerprint density at radius 2 is 2.05 bits per heavy atom. The van der Waals surface area contributed by atoms with Gasteiger partial charge in [-0.15, -0.1) is 0 Å². The number of nitrogens with two attached hydrogens (primary N) is 1. The number of aliphatic hydroxyl groups is 2. The van der Waals surface area contributed by atoms with Gasteiger partial charge in [-0.2, -0.15) is 5.10 Å². The molecule has 3 aromatic rings. The number of ether oxygens (including phenoxy) is 1. The van der Waals surface area contributed by atoms with Crippen molar-refractivity contribution in [3.8, 4) is 0 Å². The number of carbonyl (C=O) groups is 1. The second-order valence-electron chi connectivity index (χ2n) is 10.3. The average Bonchev–Trinajstić information content (AvgIpc) is 3.48. The van der Waals surface area contributed by atoms with Crippen molar-refractivity contribution in [2.45, 2.75) is 51.3 Å². The standard InChI is InChI=1S/C25H34FN6O7PS/c1-24(2,14-33)23(35)41-10-9-37-40(36,31-11-16-7-5-4-6-8-16)38-13-18-19(34)25(3,26)20(39-18)17-12-28-22-21(27)29-15-30-32(17)22/h4-8,12,15,18-20,33-34H,9-11,13-14H2,1-3H3,(H,31,36)(H2,27,29,30). The molecule has 224 valence electrons. The van der Waals surface area contributed by atoms with Crippen molar-refractivity contribution in [2.75, 3.05) is 31.3 Å². The fraction of sp³-hybridized carbons (Fsp3) is 0.520. The Morgan fingerprint density at radius 1 is 1.32 bits per heavy atom. The predicted octanol–water partition coefficient (Wildman–Crippen LogP) is 2.44. The average molecular weight is 613 g/mol. The van der Waals surface area contributed by atoms with Crippen LogP contribution in [0, 0.1) is 5.41 Å². The lowest BCUT2D eigenvalue weighted by atomic mass is 9.93. The molecule has 4 rings (SSSR count). The van der Waals surface area contributed by atoms with E-state index in [1.54, 1.807) is 13.8 Å². The number of imidazole rings is 1. The molecule has 1 fully saturated rings. The molecule has 5 unspecified atom stereocenters. The van der Waals surface area contributed by atoms with Crippen LogP contribution < -0.4 is 10.8 Å². The van der Waals surface area contributed by atoms with Crippen molar-refractivity contribution in [1.82, 2.24) is 24.7 Å². The molecule has 0 spiro atoms. The highest BCUT2D eigenvalue weighted by Gasteiger charge is 2.56. The quantitative estimate of drug-likeness (QED) is 0.163. The maximum Gasteiger partial charge on any atom is 0.405 e. The summed E-state index contributed by atoms with van der Waals surface area (Å²) < 4.78 is 47.9. The van der Waals surface area contributed by atoms with Crippen LogP contribution >= 0.6 is 19.5 Å². The van der Waals surface area contributed by atoms with E-state index < -0.39 is 43.7 Å². The van der Waals surface area contributed by atoms with Gasteiger partial charge in [-0.1, -0.05) is 42.1 Å². The third kappa shape index (κ3) is 7.12. The number of thioether (sulfide) groups is 1. The molecular formula is C25H34FN6O7PS. The van der Waals surface area contributed by atoms with Crippen molar-refractivity contribution in [1.29, 1.82) is 0 Å². The Labute approximate surface area is 240 Å². The predicted molar refractivity (Wildman–Crippen MR) is 149 cm³/mol. The van der Waals surface area contributed by atoms with Gasteiger partial charge in [-0.25, -0.2) is 28.5 Å². The summed E-state index contributed by atoms with van der Waals surface area (Å²) in [5, 5.41) is 26.8. The first-order valence-electron chi connectivity index (χ1n) is 12.8. The number of hydrogen-bond donors (Lipinski definition) is 4. The topological polar surface area (TPSA) is 183 Å². The summed E-state index contributed by atoms with van der Waals surface area (Å²) in [5.74, 6) is 0.238. The molecule has 41 heavy (non-hydrogen) atoms. The molecule has 13 nitrogen and oxygen atoms in total. The molecule has 2 aromatic heterocycles. The molecule has 3 heterocycles. The lowest BCUT2D eigenvalue weighted by Crippen LogP contribution is -2.40. The number of nitrogen functional groups attached to an aromatic ring is 1. The molecule has 1 aliphatic heterocycles. The molecule has 5 atom stereocenters. The van der Waals surface area contributed by atoms with E-state index in [2.05, 4.69) is 20.2 Å². The second-order valence-corrected chi connectivity index (χ2v) is 13.2. The largest absolute Gasteiger partial charge is 0.405 e. The molecule has 5 N–H and O–H groups in total. The minimum Gasteiger partial charge on any atom is -0.395 e. The maximum atomic E-state index is 15.8. The molecule has 16 heteroatoms. The van der Waals surface area contributed by atoms with Crippen LogP contribution in [0.2, 0.25) is 0 Å². The van der Waals surface area contributed by atoms with E-state index in [4.69, 9.17) is 19.5 Å². The van der Waals surface area contributed by atoms with Crippen molar-refractivity contribution in [3.63, 3.8) is 0 Å². The first kappa shape index (κ1) is 31.4. The maximum absolute atomic E-state index is 15.8. The number of aliphatic hydroxyl groups excluding tert-OH is 2. The van der Waals surface area contributed by atoms with Crippen LogP contribution in [0.5, 0.6) is 0 Å². The Morgan fingerprint density at radius 3 is 2.76 bits per heavy atom. The van der Waals surface area contributed by atoms with E-state index in [-0.39, 0.29) is 47.8 Å². The molecule has 1 aromatic carbocycles. The number of rotatable bonds is 13. The third-order valence-electron chi connectivity index (χ3n) is 6.63. The Kier molecular flexibility index (Phi) is 9.81. The number of carbonyl (C=O) groups excluding carboxylic acids is 1. The van der Waals surface area contributed by atoms with Crippen LogP contribution in [-0.4, -0.2) is 78.4 Å². The molecule has 1 saturated heterocycles. The van der Waals surface area contributed by atoms with Gasteiger partial charge in [0.15, 0.2) is 22.2 Å². The van der Waals surface area contributed by atoms with Gasteiger partial charge in [-0.3, -0.25) is 13.8 Å². The van der Waals surface area contributed by atoms with Gasteiger partial charge in [0.25, 0.3) is 0 Å². The third-order valence-corrected chi connectivity index (χ3v) is 9.38. The van der Waals surface area contributed by atoms with E-state index in [0.717, 1.165) is 17.3 Å². The summed E-state index contributed by atoms with van der Waals surface area (Å²) in [4.78, 5) is 20.3. The summed E-state index contributed by atoms with van der Waals surface area (Å²) in [6.07, 6.45) is -1.65. The van der Waals surface area contributed by atoms with Gasteiger partial charge in [0.1, 0.15) is 24.6 Å². The summed E-state index contributed by atoms with van der Waals surface area (Å²) in [5.41, 5.74) is 3.82. The van der Waals surface area contributed by atoms with Crippen LogP contribution in [-0.2, 0) is 29.7 Å². The summed E-state index contributed by atoms with van der Waals surface area (Å²) >= 11 is 0.937. The molecule has 0 aliphatic carbocycles. The molecule has 0 radical (unpaired) electrons. The van der Waals surface area contributed by atoms with E-state index in [9.17, 15) is 19.6 Å². The smallest absolute Gasteiger partial charge is 0.395 e. The first-order chi connectivity index (χ1) is 19.4. The summed E-state index contributed by atoms with van der Waals surface area (Å²) in [6.45, 7) is 3.62. The number of nitrogens with one attached hydrogen (secondary N) is 1. The zero-order valence-corrected chi connectivity index (χ0v) is 24.6. The fourth-order valence-corrected chi connectivity index (χ4v) is 6.30. The van der Waals surface area contributed by atoms with Gasteiger partial charge < -0.3 is 20.7 Å². The molecular weight excluding hydrogens is 578 g/mol. The number of halogens is 1. The highest BCUT2D eigenvalue weighted by Crippen LogP contribution is 2.48. The van der Waals surface area contributed by atoms with E-state index >= 15 is 4.39 Å². The van der Waals surface area contributed by atoms with Crippen molar-refractivity contribution in [2.24, 2.45) is 5.41 Å². The van der Waals surface area contributed by atoms with Gasteiger partial charge in [0.2, 0.25) is 0 Å². The minimum atomic E-state index is -4.03. The summed E-state index contributed by atoms with van der Waals surface area (Å²) in [7, 11) is -4.03. The monoisotopic (exact) mass is 612 g/mol. The highest BCUT2D eigenvalue weighted by atomic mass is 32.2. The van der Waals surface area contributed by atoms with Gasteiger partial charge >= 0.3 is 7.75 Å². The van der Waals surface area contributed by atoms with E-state index in [0.29, 0.717) is 0 Å². The number of anilines is 1. The highest BCUT2D eigenvalue weighted by molar-refractivity contribution is 8.13. The van der Waals surface area contributed by atoms with Crippen molar-refractivity contribution < 1.29 is 37.7 Å². The van der Waals surface area contributed by atoms with Crippen molar-refractivity contribution in [3.05, 3.63) is 54.1 Å². The molecule has 1 aliphatic rings. The minimum absolute atomic E-state index is 0.0904. The lowest BCUT2D eigenvalue weighted by molar-refractivity contribution is -0.119. The van der Waals surface area contributed by atoms with Crippen LogP contribution in [0.4, 0.5) is 10.2 Å². The zero-order valence-electron chi connectivity index (χ0n) is 22.8. The SMILES string of the molecule is CC(C)(CO)C(=O)SCCOP(=O)(NCc1ccccc1)OCC1OC(c2cnc3c(N)ncnn23)C(C)(F)C1O. The van der Waals surface area contributed by atoms with Crippen LogP contribution in [0.25, 0.3) is 5.65 Å². The molecule has 0 amide bonds. The van der Waals surface area contributed by atoms with Crippen LogP contribution in [0.3, 0.4) is 0 Å².